The first-order valence-electron chi connectivity index (χ1n) is 15.1. The Balaban J connectivity index is 0.872. The lowest BCUT2D eigenvalue weighted by atomic mass is 9.94. The van der Waals surface area contributed by atoms with Gasteiger partial charge < -0.3 is 10.2 Å². The number of benzene rings is 4. The number of hydrogen-bond donors (Lipinski definition) is 1. The van der Waals surface area contributed by atoms with Gasteiger partial charge in [-0.3, -0.25) is 29.0 Å². The number of amides is 4. The van der Waals surface area contributed by atoms with Crippen molar-refractivity contribution >= 4 is 45.2 Å². The molecular formula is C35H36N4O4. The summed E-state index contributed by atoms with van der Waals surface area (Å²) in [5, 5.41) is 6.72. The molecule has 6 rings (SSSR count). The van der Waals surface area contributed by atoms with Gasteiger partial charge in [0.05, 0.1) is 0 Å². The molecule has 43 heavy (non-hydrogen) atoms. The van der Waals surface area contributed by atoms with Crippen LogP contribution in [0, 0.1) is 0 Å². The Labute approximate surface area is 251 Å². The molecule has 4 amide bonds. The van der Waals surface area contributed by atoms with Crippen molar-refractivity contribution in [3.8, 4) is 0 Å². The van der Waals surface area contributed by atoms with Gasteiger partial charge >= 0.3 is 0 Å². The molecule has 0 radical (unpaired) electrons. The van der Waals surface area contributed by atoms with Gasteiger partial charge in [0.15, 0.2) is 0 Å². The molecule has 4 aromatic carbocycles. The zero-order valence-electron chi connectivity index (χ0n) is 24.5. The number of hydrogen-bond acceptors (Lipinski definition) is 6. The molecule has 2 aliphatic rings. The second-order valence-electron chi connectivity index (χ2n) is 11.4. The number of nitrogens with one attached hydrogen (secondary N) is 1. The molecule has 0 fully saturated rings. The predicted molar refractivity (Wildman–Crippen MR) is 167 cm³/mol. The Kier molecular flexibility index (Phi) is 8.31. The first-order valence-corrected chi connectivity index (χ1v) is 15.1. The van der Waals surface area contributed by atoms with Crippen LogP contribution in [0.25, 0.3) is 21.5 Å². The summed E-state index contributed by atoms with van der Waals surface area (Å²) in [6, 6.07) is 22.4. The third kappa shape index (κ3) is 5.56. The first-order chi connectivity index (χ1) is 21.0. The van der Waals surface area contributed by atoms with Gasteiger partial charge in [0.1, 0.15) is 0 Å². The number of carbonyl (C=O) groups is 4. The molecule has 220 valence electrons. The van der Waals surface area contributed by atoms with Crippen molar-refractivity contribution in [3.63, 3.8) is 0 Å². The largest absolute Gasteiger partial charge is 0.315 e. The van der Waals surface area contributed by atoms with Crippen LogP contribution in [0.15, 0.2) is 72.8 Å². The fourth-order valence-electron chi connectivity index (χ4n) is 6.25. The quantitative estimate of drug-likeness (QED) is 0.179. The van der Waals surface area contributed by atoms with Crippen LogP contribution in [0.2, 0.25) is 0 Å². The van der Waals surface area contributed by atoms with E-state index >= 15 is 0 Å². The summed E-state index contributed by atoms with van der Waals surface area (Å²) in [5.41, 5.74) is 2.38. The Morgan fingerprint density at radius 1 is 0.535 bits per heavy atom. The van der Waals surface area contributed by atoms with Crippen molar-refractivity contribution in [1.82, 2.24) is 20.0 Å². The van der Waals surface area contributed by atoms with E-state index in [1.54, 1.807) is 24.3 Å². The van der Waals surface area contributed by atoms with Crippen LogP contribution in [0.4, 0.5) is 0 Å². The Morgan fingerprint density at radius 2 is 0.977 bits per heavy atom. The van der Waals surface area contributed by atoms with E-state index in [2.05, 4.69) is 10.2 Å². The highest BCUT2D eigenvalue weighted by atomic mass is 16.2. The fourth-order valence-corrected chi connectivity index (χ4v) is 6.25. The molecule has 2 aliphatic heterocycles. The molecule has 1 N–H and O–H groups in total. The van der Waals surface area contributed by atoms with Crippen LogP contribution in [0.5, 0.6) is 0 Å². The number of likely N-dealkylation sites (N-methyl/N-ethyl adjacent to an activating group) is 1. The van der Waals surface area contributed by atoms with E-state index in [0.29, 0.717) is 48.4 Å². The van der Waals surface area contributed by atoms with Gasteiger partial charge in [-0.05, 0) is 68.0 Å². The lowest BCUT2D eigenvalue weighted by Crippen LogP contribution is -2.44. The molecule has 0 saturated carbocycles. The second kappa shape index (κ2) is 12.5. The van der Waals surface area contributed by atoms with Crippen LogP contribution < -0.4 is 5.32 Å². The van der Waals surface area contributed by atoms with Crippen molar-refractivity contribution in [2.75, 3.05) is 46.3 Å². The van der Waals surface area contributed by atoms with Crippen molar-refractivity contribution < 1.29 is 19.2 Å². The molecule has 8 heteroatoms. The van der Waals surface area contributed by atoms with Gasteiger partial charge in [0.25, 0.3) is 23.6 Å². The standard InChI is InChI=1S/C35H36N4O4/c1-37(22-23-39-34(42)28-16-8-12-25-13-9-17-29(31(25)28)35(39)43)20-5-3-2-4-18-36-19-21-38-32(40)26-14-6-10-24-11-7-15-27(30(24)26)33(38)41/h6-17,36H,2-5,18-23H2,1H3. The van der Waals surface area contributed by atoms with E-state index in [1.807, 2.05) is 55.6 Å². The third-order valence-corrected chi connectivity index (χ3v) is 8.57. The summed E-state index contributed by atoms with van der Waals surface area (Å²) in [7, 11) is 2.02. The first kappa shape index (κ1) is 28.7. The van der Waals surface area contributed by atoms with E-state index in [0.717, 1.165) is 60.3 Å². The number of carbonyl (C=O) groups excluding carboxylic acids is 4. The molecular weight excluding hydrogens is 540 g/mol. The second-order valence-corrected chi connectivity index (χ2v) is 11.4. The van der Waals surface area contributed by atoms with Gasteiger partial charge in [0, 0.05) is 59.2 Å². The predicted octanol–water partition coefficient (Wildman–Crippen LogP) is 4.97. The average Bonchev–Trinajstić information content (AvgIpc) is 3.02. The zero-order valence-corrected chi connectivity index (χ0v) is 24.5. The van der Waals surface area contributed by atoms with Gasteiger partial charge in [0.2, 0.25) is 0 Å². The molecule has 0 spiro atoms. The van der Waals surface area contributed by atoms with Crippen molar-refractivity contribution in [2.24, 2.45) is 0 Å². The smallest absolute Gasteiger partial charge is 0.261 e. The van der Waals surface area contributed by atoms with Gasteiger partial charge in [-0.15, -0.1) is 0 Å². The molecule has 0 saturated heterocycles. The highest BCUT2D eigenvalue weighted by molar-refractivity contribution is 6.26. The highest BCUT2D eigenvalue weighted by Gasteiger charge is 2.33. The zero-order chi connectivity index (χ0) is 29.9. The van der Waals surface area contributed by atoms with E-state index in [9.17, 15) is 19.2 Å². The van der Waals surface area contributed by atoms with Crippen molar-refractivity contribution in [2.45, 2.75) is 25.7 Å². The number of imide groups is 2. The van der Waals surface area contributed by atoms with Gasteiger partial charge in [-0.1, -0.05) is 61.4 Å². The molecule has 0 bridgehead atoms. The van der Waals surface area contributed by atoms with Crippen molar-refractivity contribution in [3.05, 3.63) is 95.1 Å². The minimum absolute atomic E-state index is 0.216. The maximum atomic E-state index is 13.1. The maximum absolute atomic E-state index is 13.1. The highest BCUT2D eigenvalue weighted by Crippen LogP contribution is 2.31. The Hall–Kier alpha value is -4.40. The number of nitrogens with zero attached hydrogens (tertiary/aromatic N) is 3. The van der Waals surface area contributed by atoms with Crippen LogP contribution in [0.1, 0.15) is 67.1 Å². The summed E-state index contributed by atoms with van der Waals surface area (Å²) >= 11 is 0. The Bertz CT molecular complexity index is 1630. The molecule has 0 unspecified atom stereocenters. The van der Waals surface area contributed by atoms with Crippen molar-refractivity contribution in [1.29, 1.82) is 0 Å². The van der Waals surface area contributed by atoms with Crippen LogP contribution in [-0.2, 0) is 0 Å². The topological polar surface area (TPSA) is 90.0 Å². The van der Waals surface area contributed by atoms with E-state index in [-0.39, 0.29) is 23.6 Å². The van der Waals surface area contributed by atoms with Gasteiger partial charge in [-0.2, -0.15) is 0 Å². The van der Waals surface area contributed by atoms with Crippen LogP contribution in [-0.4, -0.2) is 84.6 Å². The van der Waals surface area contributed by atoms with E-state index in [4.69, 9.17) is 0 Å². The number of rotatable bonds is 13. The van der Waals surface area contributed by atoms with Crippen LogP contribution in [0.3, 0.4) is 0 Å². The molecule has 2 heterocycles. The summed E-state index contributed by atoms with van der Waals surface area (Å²) in [5.74, 6) is -0.884. The summed E-state index contributed by atoms with van der Waals surface area (Å²) < 4.78 is 0. The van der Waals surface area contributed by atoms with Crippen LogP contribution >= 0.6 is 0 Å². The maximum Gasteiger partial charge on any atom is 0.261 e. The summed E-state index contributed by atoms with van der Waals surface area (Å²) in [4.78, 5) is 57.1. The molecule has 0 aliphatic carbocycles. The normalized spacial score (nSPS) is 14.6. The lowest BCUT2D eigenvalue weighted by Gasteiger charge is -2.28. The molecule has 0 atom stereocenters. The van der Waals surface area contributed by atoms with E-state index < -0.39 is 0 Å². The van der Waals surface area contributed by atoms with Gasteiger partial charge in [-0.25, -0.2) is 0 Å². The monoisotopic (exact) mass is 576 g/mol. The molecule has 4 aromatic rings. The fraction of sp³-hybridized carbons (Fsp3) is 0.314. The SMILES string of the molecule is CN(CCCCCCNCCN1C(=O)c2cccc3cccc(c23)C1=O)CCN1C(=O)c2cccc3cccc(c23)C1=O. The minimum Gasteiger partial charge on any atom is -0.315 e. The van der Waals surface area contributed by atoms with E-state index in [1.165, 1.54) is 9.80 Å². The number of unbranched alkanes of at least 4 members (excludes halogenated alkanes) is 3. The third-order valence-electron chi connectivity index (χ3n) is 8.57. The molecule has 8 nitrogen and oxygen atoms in total. The lowest BCUT2D eigenvalue weighted by molar-refractivity contribution is 0.0587. The summed E-state index contributed by atoms with van der Waals surface area (Å²) in [6.45, 7) is 3.62. The average molecular weight is 577 g/mol. The minimum atomic E-state index is -0.226. The summed E-state index contributed by atoms with van der Waals surface area (Å²) in [6.07, 6.45) is 4.19. The molecule has 0 aromatic heterocycles. The Morgan fingerprint density at radius 3 is 1.47 bits per heavy atom.